The molecule has 0 unspecified atom stereocenters. The molecule has 0 radical (unpaired) electrons. The number of carbonyl (C=O) groups is 2. The van der Waals surface area contributed by atoms with E-state index in [-0.39, 0.29) is 16.3 Å². The first-order chi connectivity index (χ1) is 8.19. The molecule has 0 aromatic heterocycles. The third-order valence-corrected chi connectivity index (χ3v) is 2.90. The Morgan fingerprint density at radius 1 is 1.39 bits per heavy atom. The predicted molar refractivity (Wildman–Crippen MR) is 66.8 cm³/mol. The molecule has 0 aliphatic heterocycles. The van der Waals surface area contributed by atoms with Crippen LogP contribution in [-0.2, 0) is 14.6 Å². The summed E-state index contributed by atoms with van der Waals surface area (Å²) in [6.45, 7) is 0. The number of carboxylic acid groups (broad SMARTS) is 1. The number of halogens is 1. The fourth-order valence-corrected chi connectivity index (χ4v) is 1.95. The van der Waals surface area contributed by atoms with Crippen LogP contribution in [0, 0.1) is 0 Å². The lowest BCUT2D eigenvalue weighted by Gasteiger charge is -2.08. The zero-order valence-electron chi connectivity index (χ0n) is 9.31. The number of amides is 1. The maximum atomic E-state index is 11.4. The van der Waals surface area contributed by atoms with Gasteiger partial charge in [0.05, 0.1) is 11.3 Å². The second kappa shape index (κ2) is 5.36. The van der Waals surface area contributed by atoms with Crippen LogP contribution >= 0.6 is 11.6 Å². The molecule has 0 heterocycles. The van der Waals surface area contributed by atoms with E-state index in [0.29, 0.717) is 0 Å². The van der Waals surface area contributed by atoms with E-state index in [4.69, 9.17) is 16.7 Å². The molecule has 0 bridgehead atoms. The van der Waals surface area contributed by atoms with Crippen LogP contribution in [0.2, 0.25) is 5.02 Å². The molecule has 1 aromatic rings. The molecule has 1 rings (SSSR count). The lowest BCUT2D eigenvalue weighted by Crippen LogP contribution is -2.23. The number of nitrogens with one attached hydrogen (secondary N) is 1. The molecule has 18 heavy (non-hydrogen) atoms. The lowest BCUT2D eigenvalue weighted by molar-refractivity contribution is -0.113. The lowest BCUT2D eigenvalue weighted by atomic mass is 10.2. The van der Waals surface area contributed by atoms with Gasteiger partial charge in [0.15, 0.2) is 9.84 Å². The topological polar surface area (TPSA) is 101 Å². The molecule has 0 atom stereocenters. The number of carboxylic acids is 1. The van der Waals surface area contributed by atoms with Crippen LogP contribution in [0.3, 0.4) is 0 Å². The summed E-state index contributed by atoms with van der Waals surface area (Å²) in [5.41, 5.74) is -0.204. The van der Waals surface area contributed by atoms with Crippen molar-refractivity contribution in [3.8, 4) is 0 Å². The molecule has 0 aliphatic carbocycles. The highest BCUT2D eigenvalue weighted by atomic mass is 35.5. The van der Waals surface area contributed by atoms with Crippen molar-refractivity contribution in [2.45, 2.75) is 0 Å². The van der Waals surface area contributed by atoms with E-state index >= 15 is 0 Å². The van der Waals surface area contributed by atoms with Gasteiger partial charge in [-0.3, -0.25) is 4.79 Å². The monoisotopic (exact) mass is 291 g/mol. The molecule has 2 N–H and O–H groups in total. The van der Waals surface area contributed by atoms with Gasteiger partial charge < -0.3 is 10.4 Å². The third-order valence-electron chi connectivity index (χ3n) is 1.88. The summed E-state index contributed by atoms with van der Waals surface area (Å²) in [6.07, 6.45) is 0.905. The number of carbonyl (C=O) groups excluding carboxylic acids is 1. The summed E-state index contributed by atoms with van der Waals surface area (Å²) >= 11 is 5.68. The van der Waals surface area contributed by atoms with E-state index in [0.717, 1.165) is 6.26 Å². The Kier molecular flexibility index (Phi) is 4.31. The SMILES string of the molecule is CS(=O)(=O)CC(=O)Nc1cc(Cl)ccc1C(=O)O. The number of benzene rings is 1. The number of anilines is 1. The second-order valence-corrected chi connectivity index (χ2v) is 6.19. The Balaban J connectivity index is 3.00. The minimum atomic E-state index is -3.48. The van der Waals surface area contributed by atoms with Gasteiger partial charge in [-0.05, 0) is 18.2 Å². The summed E-state index contributed by atoms with van der Waals surface area (Å²) in [7, 11) is -3.48. The molecule has 0 spiro atoms. The van der Waals surface area contributed by atoms with Crippen LogP contribution in [0.15, 0.2) is 18.2 Å². The Bertz CT molecular complexity index is 596. The summed E-state index contributed by atoms with van der Waals surface area (Å²) in [6, 6.07) is 3.82. The highest BCUT2D eigenvalue weighted by Crippen LogP contribution is 2.21. The molecule has 8 heteroatoms. The van der Waals surface area contributed by atoms with Crippen molar-refractivity contribution >= 4 is 39.0 Å². The Labute approximate surface area is 108 Å². The molecule has 1 amide bonds. The summed E-state index contributed by atoms with van der Waals surface area (Å²) in [5, 5.41) is 11.3. The average Bonchev–Trinajstić information content (AvgIpc) is 2.13. The molecule has 6 nitrogen and oxygen atoms in total. The van der Waals surface area contributed by atoms with Crippen molar-refractivity contribution in [1.29, 1.82) is 0 Å². The van der Waals surface area contributed by atoms with Crippen LogP contribution in [0.1, 0.15) is 10.4 Å². The van der Waals surface area contributed by atoms with Crippen LogP contribution < -0.4 is 5.32 Å². The second-order valence-electron chi connectivity index (χ2n) is 3.61. The van der Waals surface area contributed by atoms with Gasteiger partial charge in [0.2, 0.25) is 5.91 Å². The van der Waals surface area contributed by atoms with E-state index in [1.165, 1.54) is 18.2 Å². The van der Waals surface area contributed by atoms with Crippen LogP contribution in [0.4, 0.5) is 5.69 Å². The van der Waals surface area contributed by atoms with Crippen molar-refractivity contribution in [3.05, 3.63) is 28.8 Å². The fraction of sp³-hybridized carbons (Fsp3) is 0.200. The molecular weight excluding hydrogens is 282 g/mol. The molecule has 0 saturated heterocycles. The highest BCUT2D eigenvalue weighted by molar-refractivity contribution is 7.91. The predicted octanol–water partition coefficient (Wildman–Crippen LogP) is 1.02. The van der Waals surface area contributed by atoms with E-state index in [9.17, 15) is 18.0 Å². The van der Waals surface area contributed by atoms with Gasteiger partial charge in [-0.1, -0.05) is 11.6 Å². The molecule has 0 fully saturated rings. The standard InChI is InChI=1S/C10H10ClNO5S/c1-18(16,17)5-9(13)12-8-4-6(11)2-3-7(8)10(14)15/h2-4H,5H2,1H3,(H,12,13)(H,14,15). The van der Waals surface area contributed by atoms with E-state index in [1.54, 1.807) is 0 Å². The number of aromatic carboxylic acids is 1. The van der Waals surface area contributed by atoms with Crippen molar-refractivity contribution in [3.63, 3.8) is 0 Å². The highest BCUT2D eigenvalue weighted by Gasteiger charge is 2.15. The molecule has 1 aromatic carbocycles. The summed E-state index contributed by atoms with van der Waals surface area (Å²) in [5.74, 6) is -2.79. The smallest absolute Gasteiger partial charge is 0.337 e. The van der Waals surface area contributed by atoms with Crippen molar-refractivity contribution in [1.82, 2.24) is 0 Å². The third kappa shape index (κ3) is 4.34. The van der Waals surface area contributed by atoms with Gasteiger partial charge in [-0.15, -0.1) is 0 Å². The van der Waals surface area contributed by atoms with Gasteiger partial charge >= 0.3 is 5.97 Å². The maximum Gasteiger partial charge on any atom is 0.337 e. The number of hydrogen-bond donors (Lipinski definition) is 2. The largest absolute Gasteiger partial charge is 0.478 e. The van der Waals surface area contributed by atoms with Crippen LogP contribution in [0.5, 0.6) is 0 Å². The normalized spacial score (nSPS) is 11.0. The van der Waals surface area contributed by atoms with Crippen molar-refractivity contribution in [2.24, 2.45) is 0 Å². The molecule has 0 saturated carbocycles. The number of sulfone groups is 1. The maximum absolute atomic E-state index is 11.4. The van der Waals surface area contributed by atoms with E-state index < -0.39 is 27.5 Å². The summed E-state index contributed by atoms with van der Waals surface area (Å²) < 4.78 is 21.8. The number of hydrogen-bond acceptors (Lipinski definition) is 4. The van der Waals surface area contributed by atoms with E-state index in [1.807, 2.05) is 0 Å². The first kappa shape index (κ1) is 14.5. The first-order valence-corrected chi connectivity index (χ1v) is 7.13. The van der Waals surface area contributed by atoms with Gasteiger partial charge in [0, 0.05) is 11.3 Å². The molecule has 98 valence electrons. The fourth-order valence-electron chi connectivity index (χ4n) is 1.23. The van der Waals surface area contributed by atoms with Crippen molar-refractivity contribution < 1.29 is 23.1 Å². The van der Waals surface area contributed by atoms with Crippen LogP contribution in [-0.4, -0.2) is 37.4 Å². The quantitative estimate of drug-likeness (QED) is 0.862. The number of rotatable bonds is 4. The van der Waals surface area contributed by atoms with Crippen LogP contribution in [0.25, 0.3) is 0 Å². The van der Waals surface area contributed by atoms with Gasteiger partial charge in [0.25, 0.3) is 0 Å². The minimum absolute atomic E-state index is 0.0383. The minimum Gasteiger partial charge on any atom is -0.478 e. The first-order valence-electron chi connectivity index (χ1n) is 4.69. The summed E-state index contributed by atoms with van der Waals surface area (Å²) in [4.78, 5) is 22.3. The van der Waals surface area contributed by atoms with Gasteiger partial charge in [-0.2, -0.15) is 0 Å². The van der Waals surface area contributed by atoms with E-state index in [2.05, 4.69) is 5.32 Å². The zero-order chi connectivity index (χ0) is 13.9. The molecule has 0 aliphatic rings. The molecular formula is C10H10ClNO5S. The average molecular weight is 292 g/mol. The zero-order valence-corrected chi connectivity index (χ0v) is 10.9. The Morgan fingerprint density at radius 2 is 2.00 bits per heavy atom. The van der Waals surface area contributed by atoms with Crippen molar-refractivity contribution in [2.75, 3.05) is 17.3 Å². The van der Waals surface area contributed by atoms with Gasteiger partial charge in [0.1, 0.15) is 5.75 Å². The van der Waals surface area contributed by atoms with Gasteiger partial charge in [-0.25, -0.2) is 13.2 Å². The Hall–Kier alpha value is -1.60. The Morgan fingerprint density at radius 3 is 2.50 bits per heavy atom.